The van der Waals surface area contributed by atoms with Gasteiger partial charge in [0.05, 0.1) is 57.3 Å². The second-order valence-electron chi connectivity index (χ2n) is 16.7. The van der Waals surface area contributed by atoms with Crippen LogP contribution in [0.15, 0.2) is 102 Å². The Bertz CT molecular complexity index is 3460. The summed E-state index contributed by atoms with van der Waals surface area (Å²) in [5, 5.41) is 55.4. The third-order valence-electron chi connectivity index (χ3n) is 10.7. The average molecular weight is 1200 g/mol. The fourth-order valence-corrected chi connectivity index (χ4v) is 9.38. The Morgan fingerprint density at radius 3 is 1.44 bits per heavy atom. The first-order valence-electron chi connectivity index (χ1n) is 22.1. The van der Waals surface area contributed by atoms with Crippen LogP contribution in [-0.4, -0.2) is 96.7 Å². The van der Waals surface area contributed by atoms with Crippen LogP contribution in [0.1, 0.15) is 52.7 Å². The van der Waals surface area contributed by atoms with Crippen LogP contribution in [0.5, 0.6) is 0 Å². The molecule has 6 aromatic rings. The van der Waals surface area contributed by atoms with E-state index in [1.165, 1.54) is 48.6 Å². The quantitative estimate of drug-likeness (QED) is 0.00715. The molecule has 0 saturated carbocycles. The van der Waals surface area contributed by atoms with Crippen molar-refractivity contribution in [3.05, 3.63) is 83.9 Å². The van der Waals surface area contributed by atoms with Crippen LogP contribution in [0.4, 0.5) is 58.4 Å². The van der Waals surface area contributed by atoms with Crippen LogP contribution in [0, 0.1) is 11.8 Å². The number of hydrogen-bond donors (Lipinski definition) is 12. The lowest BCUT2D eigenvalue weighted by molar-refractivity contribution is -0.432. The Morgan fingerprint density at radius 2 is 0.923 bits per heavy atom. The largest absolute Gasteiger partial charge is 0.351 e. The van der Waals surface area contributed by atoms with Gasteiger partial charge in [-0.1, -0.05) is 67.1 Å². The van der Waals surface area contributed by atoms with Crippen LogP contribution < -0.4 is 31.9 Å². The highest BCUT2D eigenvalue weighted by Gasteiger charge is 2.22. The van der Waals surface area contributed by atoms with E-state index in [-0.39, 0.29) is 96.9 Å². The summed E-state index contributed by atoms with van der Waals surface area (Å²) >= 11 is 1.52. The molecule has 4 aromatic carbocycles. The van der Waals surface area contributed by atoms with E-state index in [4.69, 9.17) is 20.1 Å². The monoisotopic (exact) mass is 1200 g/mol. The van der Waals surface area contributed by atoms with Crippen molar-refractivity contribution >= 4 is 137 Å². The van der Waals surface area contributed by atoms with E-state index in [2.05, 4.69) is 85.6 Å². The molecule has 0 bridgehead atoms. The Hall–Kier alpha value is -6.14. The van der Waals surface area contributed by atoms with Gasteiger partial charge in [0.15, 0.2) is 0 Å². The molecule has 0 spiro atoms. The molecule has 0 aliphatic rings. The first-order valence-corrected chi connectivity index (χ1v) is 28.6. The SMILES string of the molecule is CC(C)C(C)Nc1nc(Nc2ccc(C=Cc3ccc(Nc4nc(Nc5cc(SOOO)ccc5S(=O)(=O)O)nc(NC(C)C(C)C)n4)cc3SOOO)c(S(=O)(=O)O)c2)nc(Nc2cc(S(=O)(=O)O)ccc2SOOO)n1. The molecule has 2 heterocycles. The molecule has 30 nitrogen and oxygen atoms in total. The molecule has 6 rings (SSSR count). The predicted octanol–water partition coefficient (Wildman–Crippen LogP) is 9.14. The predicted molar refractivity (Wildman–Crippen MR) is 285 cm³/mol. The van der Waals surface area contributed by atoms with E-state index in [1.807, 2.05) is 41.5 Å². The van der Waals surface area contributed by atoms with Gasteiger partial charge in [0.1, 0.15) is 9.79 Å². The number of nitrogens with one attached hydrogen (secondary N) is 6. The first kappa shape index (κ1) is 61.1. The van der Waals surface area contributed by atoms with Crippen molar-refractivity contribution in [1.82, 2.24) is 29.9 Å². The Labute approximate surface area is 458 Å². The van der Waals surface area contributed by atoms with Crippen LogP contribution >= 0.6 is 36.1 Å². The molecule has 0 saturated heterocycles. The Balaban J connectivity index is 1.32. The maximum Gasteiger partial charge on any atom is 0.296 e. The van der Waals surface area contributed by atoms with Crippen LogP contribution in [0.25, 0.3) is 12.2 Å². The molecule has 0 aliphatic carbocycles. The molecule has 0 aliphatic heterocycles. The van der Waals surface area contributed by atoms with Crippen molar-refractivity contribution in [3.8, 4) is 0 Å². The van der Waals surface area contributed by atoms with Gasteiger partial charge in [-0.2, -0.15) is 55.2 Å². The molecule has 0 radical (unpaired) electrons. The van der Waals surface area contributed by atoms with Crippen LogP contribution in [0.2, 0.25) is 0 Å². The summed E-state index contributed by atoms with van der Waals surface area (Å²) in [6, 6.07) is 15.0. The molecule has 420 valence electrons. The van der Waals surface area contributed by atoms with Crippen molar-refractivity contribution in [2.45, 2.75) is 83.0 Å². The lowest BCUT2D eigenvalue weighted by Crippen LogP contribution is -2.23. The van der Waals surface area contributed by atoms with Crippen LogP contribution in [0.3, 0.4) is 0 Å². The Morgan fingerprint density at radius 1 is 0.462 bits per heavy atom. The third kappa shape index (κ3) is 17.7. The fraction of sp³-hybridized carbons (Fsp3) is 0.238. The molecule has 36 heteroatoms. The second-order valence-corrected chi connectivity index (χ2v) is 23.2. The van der Waals surface area contributed by atoms with Crippen molar-refractivity contribution in [2.24, 2.45) is 11.8 Å². The van der Waals surface area contributed by atoms with Gasteiger partial charge in [0.25, 0.3) is 30.4 Å². The summed E-state index contributed by atoms with van der Waals surface area (Å²) in [6.45, 7) is 11.5. The van der Waals surface area contributed by atoms with E-state index in [9.17, 15) is 38.9 Å². The third-order valence-corrected chi connectivity index (χ3v) is 15.3. The topological polar surface area (TPSA) is 429 Å². The molecule has 2 aromatic heterocycles. The highest BCUT2D eigenvalue weighted by Crippen LogP contribution is 2.35. The van der Waals surface area contributed by atoms with Gasteiger partial charge in [-0.25, -0.2) is 15.8 Å². The van der Waals surface area contributed by atoms with Gasteiger partial charge in [-0.3, -0.25) is 13.7 Å². The highest BCUT2D eigenvalue weighted by molar-refractivity contribution is 7.95. The van der Waals surface area contributed by atoms with Crippen molar-refractivity contribution in [1.29, 1.82) is 0 Å². The zero-order chi connectivity index (χ0) is 57.0. The normalized spacial score (nSPS) is 12.9. The highest BCUT2D eigenvalue weighted by atomic mass is 32.2. The summed E-state index contributed by atoms with van der Waals surface area (Å²) in [5.74, 6) is -0.442. The van der Waals surface area contributed by atoms with E-state index in [0.29, 0.717) is 47.4 Å². The van der Waals surface area contributed by atoms with Crippen molar-refractivity contribution in [2.75, 3.05) is 31.9 Å². The first-order chi connectivity index (χ1) is 36.8. The number of rotatable bonds is 28. The van der Waals surface area contributed by atoms with Gasteiger partial charge in [0, 0.05) is 33.2 Å². The summed E-state index contributed by atoms with van der Waals surface area (Å²) in [5.41, 5.74) is 0.459. The summed E-state index contributed by atoms with van der Waals surface area (Å²) in [7, 11) is -14.5. The summed E-state index contributed by atoms with van der Waals surface area (Å²) in [4.78, 5) is 25.3. The molecular formula is C42H48N12O18S6. The molecule has 12 N–H and O–H groups in total. The number of aromatic nitrogens is 6. The van der Waals surface area contributed by atoms with Gasteiger partial charge >= 0.3 is 0 Å². The van der Waals surface area contributed by atoms with E-state index >= 15 is 0 Å². The summed E-state index contributed by atoms with van der Waals surface area (Å²) < 4.78 is 118. The minimum Gasteiger partial charge on any atom is -0.351 e. The molecule has 2 atom stereocenters. The number of hydrogen-bond acceptors (Lipinski definition) is 30. The maximum atomic E-state index is 12.9. The van der Waals surface area contributed by atoms with Crippen molar-refractivity contribution in [3.63, 3.8) is 0 Å². The minimum atomic E-state index is -4.95. The lowest BCUT2D eigenvalue weighted by Gasteiger charge is -2.19. The van der Waals surface area contributed by atoms with Crippen LogP contribution in [-0.2, 0) is 58.5 Å². The van der Waals surface area contributed by atoms with Gasteiger partial charge in [-0.05, 0) is 97.5 Å². The number of anilines is 10. The van der Waals surface area contributed by atoms with E-state index < -0.39 is 45.0 Å². The molecular weight excluding hydrogens is 1150 g/mol. The molecule has 0 fully saturated rings. The van der Waals surface area contributed by atoms with E-state index in [1.54, 1.807) is 12.1 Å². The zero-order valence-corrected chi connectivity index (χ0v) is 46.0. The molecule has 0 amide bonds. The number of nitrogens with zero attached hydrogens (tertiary/aromatic N) is 6. The molecule has 2 unspecified atom stereocenters. The van der Waals surface area contributed by atoms with Gasteiger partial charge in [-0.15, -0.1) is 13.0 Å². The van der Waals surface area contributed by atoms with Crippen molar-refractivity contribution < 1.29 is 82.8 Å². The molecule has 78 heavy (non-hydrogen) atoms. The standard InChI is InChI=1S/C42H48N12O18S6/c1-21(2)23(5)43-37-50-40(53-41(51-37)47-31-20-30(76(58,59)60)14-15-33(31)74-71-68-56)46-28-12-10-26(36(18-28)78(64,65)66)8-7-25-9-11-27(17-34(25)75-72-69-57)45-39-49-38(44-24(6)22(3)4)52-42(54-39)48-32-19-29(73-70-67-55)13-16-35(32)77(61,62)63/h7-24,55-57H,1-6H3,(H,58,59,60)(H,61,62,63)(H,64,65,66)(H3,43,46,47,50,51,53)(H3,44,45,48,49,52,54). The van der Waals surface area contributed by atoms with E-state index in [0.717, 1.165) is 24.3 Å². The fourth-order valence-electron chi connectivity index (χ4n) is 6.20. The minimum absolute atomic E-state index is 0.0104. The van der Waals surface area contributed by atoms with Gasteiger partial charge < -0.3 is 31.9 Å². The second kappa shape index (κ2) is 27.2. The smallest absolute Gasteiger partial charge is 0.296 e. The average Bonchev–Trinajstić information content (AvgIpc) is 3.36. The number of benzene rings is 4. The lowest BCUT2D eigenvalue weighted by atomic mass is 10.1. The maximum absolute atomic E-state index is 12.9. The Kier molecular flexibility index (Phi) is 21.3. The van der Waals surface area contributed by atoms with Gasteiger partial charge in [0.2, 0.25) is 35.7 Å². The zero-order valence-electron chi connectivity index (χ0n) is 41.1. The summed E-state index contributed by atoms with van der Waals surface area (Å²) in [6.07, 6.45) is 2.82.